The van der Waals surface area contributed by atoms with E-state index in [4.69, 9.17) is 9.26 Å². The second-order valence-corrected chi connectivity index (χ2v) is 6.03. The first kappa shape index (κ1) is 13.7. The minimum Gasteiger partial charge on any atom is -0.370 e. The number of methoxy groups -OCH3 is 1. The fourth-order valence-corrected chi connectivity index (χ4v) is 3.47. The molecule has 110 valence electrons. The van der Waals surface area contributed by atoms with E-state index >= 15 is 0 Å². The third-order valence-corrected chi connectivity index (χ3v) is 4.78. The molecule has 2 saturated carbocycles. The fourth-order valence-electron chi connectivity index (χ4n) is 3.47. The van der Waals surface area contributed by atoms with E-state index in [1.807, 2.05) is 0 Å². The molecule has 3 rings (SSSR count). The molecular formula is C15H22N2O3. The molecule has 1 aromatic rings. The number of aromatic nitrogens is 2. The van der Waals surface area contributed by atoms with Crippen LogP contribution in [-0.4, -0.2) is 23.0 Å². The third-order valence-electron chi connectivity index (χ3n) is 4.78. The van der Waals surface area contributed by atoms with Gasteiger partial charge in [0, 0.05) is 25.9 Å². The van der Waals surface area contributed by atoms with Crippen molar-refractivity contribution in [2.45, 2.75) is 63.4 Å². The Morgan fingerprint density at radius 3 is 2.80 bits per heavy atom. The Labute approximate surface area is 119 Å². The number of carbonyl (C=O) groups excluding carboxylic acids is 1. The second-order valence-electron chi connectivity index (χ2n) is 6.03. The van der Waals surface area contributed by atoms with Crippen LogP contribution in [0.2, 0.25) is 0 Å². The molecule has 0 saturated heterocycles. The number of hydrogen-bond acceptors (Lipinski definition) is 5. The van der Waals surface area contributed by atoms with E-state index in [1.54, 1.807) is 7.11 Å². The Morgan fingerprint density at radius 2 is 2.10 bits per heavy atom. The van der Waals surface area contributed by atoms with Crippen molar-refractivity contribution in [2.75, 3.05) is 7.11 Å². The van der Waals surface area contributed by atoms with E-state index in [2.05, 4.69) is 10.1 Å². The summed E-state index contributed by atoms with van der Waals surface area (Å²) < 4.78 is 11.0. The lowest BCUT2D eigenvalue weighted by atomic mass is 9.86. The van der Waals surface area contributed by atoms with Gasteiger partial charge in [0.1, 0.15) is 11.4 Å². The van der Waals surface area contributed by atoms with Gasteiger partial charge >= 0.3 is 0 Å². The number of ether oxygens (including phenoxy) is 1. The number of Topliss-reactive ketones (excluding diaryl/α,β-unsaturated/α-hetero) is 1. The summed E-state index contributed by atoms with van der Waals surface area (Å²) in [6, 6.07) is 0. The number of hydrogen-bond donors (Lipinski definition) is 0. The standard InChI is InChI=1S/C15H22N2O3/c1-19-15(8-4-5-9-15)14-16-13(20-17-14)10-11-6-2-3-7-12(11)18/h11H,2-10H2,1H3. The van der Waals surface area contributed by atoms with Crippen molar-refractivity contribution in [3.05, 3.63) is 11.7 Å². The molecule has 5 nitrogen and oxygen atoms in total. The van der Waals surface area contributed by atoms with Gasteiger partial charge in [-0.05, 0) is 38.5 Å². The lowest BCUT2D eigenvalue weighted by Crippen LogP contribution is -2.26. The minimum atomic E-state index is -0.363. The number of nitrogens with zero attached hydrogens (tertiary/aromatic N) is 2. The molecule has 1 heterocycles. The maximum Gasteiger partial charge on any atom is 0.227 e. The summed E-state index contributed by atoms with van der Waals surface area (Å²) in [6.45, 7) is 0. The molecule has 0 amide bonds. The van der Waals surface area contributed by atoms with Crippen LogP contribution in [0.3, 0.4) is 0 Å². The van der Waals surface area contributed by atoms with Crippen LogP contribution in [0.1, 0.15) is 63.1 Å². The first-order valence-electron chi connectivity index (χ1n) is 7.64. The van der Waals surface area contributed by atoms with Gasteiger partial charge in [-0.25, -0.2) is 0 Å². The summed E-state index contributed by atoms with van der Waals surface area (Å²) in [6.07, 6.45) is 8.56. The Kier molecular flexibility index (Phi) is 3.87. The summed E-state index contributed by atoms with van der Waals surface area (Å²) >= 11 is 0. The number of rotatable bonds is 4. The predicted octanol–water partition coefficient (Wildman–Crippen LogP) is 2.79. The largest absolute Gasteiger partial charge is 0.370 e. The van der Waals surface area contributed by atoms with Gasteiger partial charge < -0.3 is 9.26 Å². The van der Waals surface area contributed by atoms with Crippen molar-refractivity contribution in [1.29, 1.82) is 0 Å². The molecule has 5 heteroatoms. The summed E-state index contributed by atoms with van der Waals surface area (Å²) in [5.74, 6) is 1.66. The normalized spacial score (nSPS) is 26.1. The van der Waals surface area contributed by atoms with E-state index in [1.165, 1.54) is 0 Å². The molecule has 1 aromatic heterocycles. The number of ketones is 1. The highest BCUT2D eigenvalue weighted by atomic mass is 16.5. The highest BCUT2D eigenvalue weighted by Gasteiger charge is 2.40. The molecule has 0 aliphatic heterocycles. The number of carbonyl (C=O) groups is 1. The molecule has 0 aromatic carbocycles. The Hall–Kier alpha value is -1.23. The maximum absolute atomic E-state index is 11.9. The molecule has 2 fully saturated rings. The first-order chi connectivity index (χ1) is 9.73. The molecule has 1 unspecified atom stereocenters. The van der Waals surface area contributed by atoms with Crippen LogP contribution in [0.15, 0.2) is 4.52 Å². The monoisotopic (exact) mass is 278 g/mol. The molecule has 2 aliphatic carbocycles. The van der Waals surface area contributed by atoms with Gasteiger partial charge in [0.05, 0.1) is 0 Å². The molecule has 1 atom stereocenters. The molecule has 0 radical (unpaired) electrons. The quantitative estimate of drug-likeness (QED) is 0.847. The van der Waals surface area contributed by atoms with Gasteiger partial charge in [0.15, 0.2) is 0 Å². The van der Waals surface area contributed by atoms with E-state index < -0.39 is 0 Å². The van der Waals surface area contributed by atoms with E-state index in [0.717, 1.165) is 44.9 Å². The summed E-state index contributed by atoms with van der Waals surface area (Å²) in [5, 5.41) is 4.11. The van der Waals surface area contributed by atoms with E-state index in [9.17, 15) is 4.79 Å². The van der Waals surface area contributed by atoms with Crippen molar-refractivity contribution in [3.8, 4) is 0 Å². The highest BCUT2D eigenvalue weighted by molar-refractivity contribution is 5.81. The Balaban J connectivity index is 1.71. The Morgan fingerprint density at radius 1 is 1.30 bits per heavy atom. The topological polar surface area (TPSA) is 65.2 Å². The zero-order valence-electron chi connectivity index (χ0n) is 12.1. The molecule has 0 bridgehead atoms. The highest BCUT2D eigenvalue weighted by Crippen LogP contribution is 2.40. The maximum atomic E-state index is 11.9. The lowest BCUT2D eigenvalue weighted by molar-refractivity contribution is -0.124. The smallest absolute Gasteiger partial charge is 0.227 e. The first-order valence-corrected chi connectivity index (χ1v) is 7.64. The van der Waals surface area contributed by atoms with Gasteiger partial charge in [-0.15, -0.1) is 0 Å². The van der Waals surface area contributed by atoms with Crippen LogP contribution in [0.5, 0.6) is 0 Å². The lowest BCUT2D eigenvalue weighted by Gasteiger charge is -2.22. The second kappa shape index (κ2) is 5.64. The molecule has 0 N–H and O–H groups in total. The third kappa shape index (κ3) is 2.51. The average molecular weight is 278 g/mol. The minimum absolute atomic E-state index is 0.0686. The zero-order chi connectivity index (χ0) is 14.0. The summed E-state index contributed by atoms with van der Waals surface area (Å²) in [5.41, 5.74) is -0.363. The van der Waals surface area contributed by atoms with Crippen LogP contribution in [0.4, 0.5) is 0 Å². The van der Waals surface area contributed by atoms with E-state index in [-0.39, 0.29) is 11.5 Å². The van der Waals surface area contributed by atoms with Gasteiger partial charge in [-0.2, -0.15) is 4.98 Å². The van der Waals surface area contributed by atoms with Crippen molar-refractivity contribution in [3.63, 3.8) is 0 Å². The average Bonchev–Trinajstić information content (AvgIpc) is 3.11. The van der Waals surface area contributed by atoms with Gasteiger partial charge in [-0.1, -0.05) is 11.6 Å². The van der Waals surface area contributed by atoms with Crippen molar-refractivity contribution in [2.24, 2.45) is 5.92 Å². The summed E-state index contributed by atoms with van der Waals surface area (Å²) in [7, 11) is 1.71. The van der Waals surface area contributed by atoms with Crippen LogP contribution < -0.4 is 0 Å². The van der Waals surface area contributed by atoms with Crippen molar-refractivity contribution >= 4 is 5.78 Å². The summed E-state index contributed by atoms with van der Waals surface area (Å²) in [4.78, 5) is 16.4. The van der Waals surface area contributed by atoms with Crippen LogP contribution in [-0.2, 0) is 21.6 Å². The molecule has 0 spiro atoms. The van der Waals surface area contributed by atoms with Crippen molar-refractivity contribution in [1.82, 2.24) is 10.1 Å². The zero-order valence-corrected chi connectivity index (χ0v) is 12.1. The Bertz CT molecular complexity index is 477. The molecule has 20 heavy (non-hydrogen) atoms. The molecule has 2 aliphatic rings. The molecular weight excluding hydrogens is 256 g/mol. The van der Waals surface area contributed by atoms with Crippen molar-refractivity contribution < 1.29 is 14.1 Å². The van der Waals surface area contributed by atoms with Crippen LogP contribution >= 0.6 is 0 Å². The van der Waals surface area contributed by atoms with Crippen LogP contribution in [0, 0.1) is 5.92 Å². The van der Waals surface area contributed by atoms with Gasteiger partial charge in [0.25, 0.3) is 0 Å². The van der Waals surface area contributed by atoms with Gasteiger partial charge in [0.2, 0.25) is 11.7 Å². The van der Waals surface area contributed by atoms with Crippen LogP contribution in [0.25, 0.3) is 0 Å². The van der Waals surface area contributed by atoms with E-state index in [0.29, 0.717) is 30.3 Å². The van der Waals surface area contributed by atoms with Gasteiger partial charge in [-0.3, -0.25) is 4.79 Å². The predicted molar refractivity (Wildman–Crippen MR) is 72.1 cm³/mol. The fraction of sp³-hybridized carbons (Fsp3) is 0.800. The SMILES string of the molecule is COC1(c2noc(CC3CCCCC3=O)n2)CCCC1.